The van der Waals surface area contributed by atoms with E-state index in [2.05, 4.69) is 10.4 Å². The number of carbonyl (C=O) groups excluding carboxylic acids is 1. The summed E-state index contributed by atoms with van der Waals surface area (Å²) >= 11 is 11.7. The second kappa shape index (κ2) is 4.77. The minimum absolute atomic E-state index is 0.311. The number of rotatable bonds is 2. The summed E-state index contributed by atoms with van der Waals surface area (Å²) in [5.74, 6) is 0.161. The van der Waals surface area contributed by atoms with Crippen molar-refractivity contribution < 1.29 is 4.79 Å². The van der Waals surface area contributed by atoms with Crippen LogP contribution in [-0.4, -0.2) is 15.7 Å². The van der Waals surface area contributed by atoms with Crippen LogP contribution in [0.5, 0.6) is 0 Å². The van der Waals surface area contributed by atoms with Crippen molar-refractivity contribution in [2.24, 2.45) is 7.05 Å². The van der Waals surface area contributed by atoms with Gasteiger partial charge in [-0.3, -0.25) is 9.48 Å². The SMILES string of the molecule is Cn1ccc(NC(=O)c2ccc(Cl)cc2Cl)n1. The molecule has 0 spiro atoms. The van der Waals surface area contributed by atoms with Gasteiger partial charge in [0.2, 0.25) is 0 Å². The maximum atomic E-state index is 11.9. The normalized spacial score (nSPS) is 10.3. The van der Waals surface area contributed by atoms with Crippen molar-refractivity contribution in [2.45, 2.75) is 0 Å². The Balaban J connectivity index is 2.20. The molecule has 0 atom stereocenters. The largest absolute Gasteiger partial charge is 0.305 e. The Bertz CT molecular complexity index is 566. The Morgan fingerprint density at radius 3 is 2.71 bits per heavy atom. The molecule has 0 bridgehead atoms. The van der Waals surface area contributed by atoms with Crippen LogP contribution in [0.1, 0.15) is 10.4 Å². The molecule has 1 heterocycles. The van der Waals surface area contributed by atoms with Gasteiger partial charge in [-0.25, -0.2) is 0 Å². The molecule has 0 aliphatic rings. The average Bonchev–Trinajstić information content (AvgIpc) is 2.63. The third-order valence-electron chi connectivity index (χ3n) is 2.13. The summed E-state index contributed by atoms with van der Waals surface area (Å²) in [4.78, 5) is 11.9. The fourth-order valence-electron chi connectivity index (χ4n) is 1.34. The molecule has 0 aliphatic carbocycles. The third kappa shape index (κ3) is 2.78. The van der Waals surface area contributed by atoms with E-state index in [0.717, 1.165) is 0 Å². The molecular weight excluding hydrogens is 261 g/mol. The first-order chi connectivity index (χ1) is 8.06. The maximum Gasteiger partial charge on any atom is 0.258 e. The average molecular weight is 270 g/mol. The molecule has 0 saturated heterocycles. The molecule has 0 aliphatic heterocycles. The van der Waals surface area contributed by atoms with Crippen LogP contribution in [0.4, 0.5) is 5.82 Å². The molecule has 1 aromatic carbocycles. The summed E-state index contributed by atoms with van der Waals surface area (Å²) in [7, 11) is 1.77. The van der Waals surface area contributed by atoms with E-state index in [9.17, 15) is 4.79 Å². The molecule has 0 unspecified atom stereocenters. The molecule has 0 saturated carbocycles. The van der Waals surface area contributed by atoms with Crippen LogP contribution in [0.2, 0.25) is 10.0 Å². The van der Waals surface area contributed by atoms with E-state index in [0.29, 0.717) is 21.4 Å². The van der Waals surface area contributed by atoms with Crippen LogP contribution in [0.15, 0.2) is 30.5 Å². The molecular formula is C11H9Cl2N3O. The summed E-state index contributed by atoms with van der Waals surface area (Å²) < 4.78 is 1.60. The highest BCUT2D eigenvalue weighted by Crippen LogP contribution is 2.21. The van der Waals surface area contributed by atoms with Crippen molar-refractivity contribution in [1.29, 1.82) is 0 Å². The zero-order chi connectivity index (χ0) is 12.4. The van der Waals surface area contributed by atoms with E-state index in [-0.39, 0.29) is 5.91 Å². The number of benzene rings is 1. The van der Waals surface area contributed by atoms with Crippen LogP contribution in [0.25, 0.3) is 0 Å². The van der Waals surface area contributed by atoms with Crippen LogP contribution >= 0.6 is 23.2 Å². The number of aromatic nitrogens is 2. The van der Waals surface area contributed by atoms with Crippen molar-refractivity contribution in [1.82, 2.24) is 9.78 Å². The number of hydrogen-bond donors (Lipinski definition) is 1. The predicted molar refractivity (Wildman–Crippen MR) is 67.6 cm³/mol. The van der Waals surface area contributed by atoms with E-state index in [1.165, 1.54) is 6.07 Å². The minimum Gasteiger partial charge on any atom is -0.305 e. The Labute approximate surface area is 108 Å². The quantitative estimate of drug-likeness (QED) is 0.911. The first-order valence-corrected chi connectivity index (χ1v) is 5.58. The van der Waals surface area contributed by atoms with Crippen LogP contribution in [0.3, 0.4) is 0 Å². The fourth-order valence-corrected chi connectivity index (χ4v) is 1.83. The zero-order valence-electron chi connectivity index (χ0n) is 8.95. The highest BCUT2D eigenvalue weighted by Gasteiger charge is 2.11. The van der Waals surface area contributed by atoms with Gasteiger partial charge in [0.05, 0.1) is 10.6 Å². The highest BCUT2D eigenvalue weighted by molar-refractivity contribution is 6.37. The van der Waals surface area contributed by atoms with Gasteiger partial charge < -0.3 is 5.32 Å². The molecule has 1 N–H and O–H groups in total. The number of carbonyl (C=O) groups is 1. The Hall–Kier alpha value is -1.52. The van der Waals surface area contributed by atoms with E-state index >= 15 is 0 Å². The summed E-state index contributed by atoms with van der Waals surface area (Å²) in [5.41, 5.74) is 0.363. The first kappa shape index (κ1) is 12.0. The van der Waals surface area contributed by atoms with Crippen molar-refractivity contribution in [3.05, 3.63) is 46.1 Å². The van der Waals surface area contributed by atoms with Gasteiger partial charge >= 0.3 is 0 Å². The Morgan fingerprint density at radius 2 is 2.12 bits per heavy atom. The third-order valence-corrected chi connectivity index (χ3v) is 2.68. The number of aryl methyl sites for hydroxylation is 1. The van der Waals surface area contributed by atoms with E-state index < -0.39 is 0 Å². The molecule has 0 radical (unpaired) electrons. The standard InChI is InChI=1S/C11H9Cl2N3O/c1-16-5-4-10(15-16)14-11(17)8-3-2-7(12)6-9(8)13/h2-6H,1H3,(H,14,15,17). The first-order valence-electron chi connectivity index (χ1n) is 4.82. The van der Waals surface area contributed by atoms with Gasteiger partial charge in [0, 0.05) is 24.3 Å². The van der Waals surface area contributed by atoms with E-state index in [1.54, 1.807) is 36.1 Å². The van der Waals surface area contributed by atoms with Crippen LogP contribution in [0, 0.1) is 0 Å². The topological polar surface area (TPSA) is 46.9 Å². The molecule has 4 nitrogen and oxygen atoms in total. The van der Waals surface area contributed by atoms with Gasteiger partial charge in [-0.05, 0) is 18.2 Å². The Morgan fingerprint density at radius 1 is 1.35 bits per heavy atom. The van der Waals surface area contributed by atoms with Crippen LogP contribution in [-0.2, 0) is 7.05 Å². The second-order valence-corrected chi connectivity index (χ2v) is 4.30. The fraction of sp³-hybridized carbons (Fsp3) is 0.0909. The lowest BCUT2D eigenvalue weighted by atomic mass is 10.2. The van der Waals surface area contributed by atoms with E-state index in [4.69, 9.17) is 23.2 Å². The summed E-state index contributed by atoms with van der Waals surface area (Å²) in [6.07, 6.45) is 1.74. The number of amides is 1. The molecule has 1 amide bonds. The van der Waals surface area contributed by atoms with Crippen molar-refractivity contribution in [3.63, 3.8) is 0 Å². The number of anilines is 1. The monoisotopic (exact) mass is 269 g/mol. The van der Waals surface area contributed by atoms with Gasteiger partial charge in [-0.15, -0.1) is 0 Å². The number of halogens is 2. The number of nitrogens with zero attached hydrogens (tertiary/aromatic N) is 2. The van der Waals surface area contributed by atoms with Crippen molar-refractivity contribution >= 4 is 34.9 Å². The van der Waals surface area contributed by atoms with Crippen molar-refractivity contribution in [3.8, 4) is 0 Å². The smallest absolute Gasteiger partial charge is 0.258 e. The minimum atomic E-state index is -0.314. The number of hydrogen-bond acceptors (Lipinski definition) is 2. The second-order valence-electron chi connectivity index (χ2n) is 3.45. The van der Waals surface area contributed by atoms with Gasteiger partial charge in [-0.1, -0.05) is 23.2 Å². The summed E-state index contributed by atoms with van der Waals surface area (Å²) in [6.45, 7) is 0. The molecule has 2 rings (SSSR count). The zero-order valence-corrected chi connectivity index (χ0v) is 10.5. The van der Waals surface area contributed by atoms with Gasteiger partial charge in [0.1, 0.15) is 0 Å². The lowest BCUT2D eigenvalue weighted by molar-refractivity contribution is 0.102. The lowest BCUT2D eigenvalue weighted by Crippen LogP contribution is -2.13. The molecule has 1 aromatic heterocycles. The van der Waals surface area contributed by atoms with Crippen LogP contribution < -0.4 is 5.32 Å². The molecule has 6 heteroatoms. The molecule has 17 heavy (non-hydrogen) atoms. The van der Waals surface area contributed by atoms with Crippen molar-refractivity contribution in [2.75, 3.05) is 5.32 Å². The Kier molecular flexibility index (Phi) is 3.36. The molecule has 88 valence electrons. The van der Waals surface area contributed by atoms with Gasteiger partial charge in [0.25, 0.3) is 5.91 Å². The molecule has 2 aromatic rings. The summed E-state index contributed by atoms with van der Waals surface area (Å²) in [6, 6.07) is 6.40. The lowest BCUT2D eigenvalue weighted by Gasteiger charge is -2.04. The predicted octanol–water partition coefficient (Wildman–Crippen LogP) is 2.98. The van der Waals surface area contributed by atoms with E-state index in [1.807, 2.05) is 0 Å². The highest BCUT2D eigenvalue weighted by atomic mass is 35.5. The number of nitrogens with one attached hydrogen (secondary N) is 1. The maximum absolute atomic E-state index is 11.9. The summed E-state index contributed by atoms with van der Waals surface area (Å²) in [5, 5.41) is 7.48. The van der Waals surface area contributed by atoms with Gasteiger partial charge in [0.15, 0.2) is 5.82 Å². The van der Waals surface area contributed by atoms with Gasteiger partial charge in [-0.2, -0.15) is 5.10 Å². The molecule has 0 fully saturated rings.